The Morgan fingerprint density at radius 2 is 1.83 bits per heavy atom. The molecule has 2 heterocycles. The van der Waals surface area contributed by atoms with Crippen molar-refractivity contribution < 1.29 is 14.4 Å². The molecular formula is C17H18N2O3S. The lowest BCUT2D eigenvalue weighted by molar-refractivity contribution is -0.135. The first-order chi connectivity index (χ1) is 11.0. The Balaban J connectivity index is 1.71. The van der Waals surface area contributed by atoms with Gasteiger partial charge in [0.05, 0.1) is 4.91 Å². The van der Waals surface area contributed by atoms with E-state index in [0.29, 0.717) is 18.0 Å². The SMILES string of the molecule is Cc1ccc(/C=C2\SC(=O)N(CC(=O)N3CCCC3)C2=O)cc1. The predicted molar refractivity (Wildman–Crippen MR) is 89.7 cm³/mol. The largest absolute Gasteiger partial charge is 0.341 e. The molecule has 6 heteroatoms. The number of carbonyl (C=O) groups is 3. The molecule has 23 heavy (non-hydrogen) atoms. The maximum atomic E-state index is 12.4. The molecule has 1 aromatic carbocycles. The monoisotopic (exact) mass is 330 g/mol. The van der Waals surface area contributed by atoms with E-state index in [-0.39, 0.29) is 23.6 Å². The Labute approximate surface area is 139 Å². The summed E-state index contributed by atoms with van der Waals surface area (Å²) < 4.78 is 0. The zero-order chi connectivity index (χ0) is 16.4. The van der Waals surface area contributed by atoms with Crippen molar-refractivity contribution in [1.82, 2.24) is 9.80 Å². The first-order valence-corrected chi connectivity index (χ1v) is 8.46. The van der Waals surface area contributed by atoms with Crippen LogP contribution >= 0.6 is 11.8 Å². The summed E-state index contributed by atoms with van der Waals surface area (Å²) >= 11 is 0.893. The van der Waals surface area contributed by atoms with Crippen LogP contribution in [0.4, 0.5) is 4.79 Å². The lowest BCUT2D eigenvalue weighted by Gasteiger charge is -2.18. The molecule has 0 aromatic heterocycles. The van der Waals surface area contributed by atoms with Crippen LogP contribution in [-0.2, 0) is 9.59 Å². The van der Waals surface area contributed by atoms with Crippen LogP contribution in [0.1, 0.15) is 24.0 Å². The smallest absolute Gasteiger partial charge is 0.294 e. The van der Waals surface area contributed by atoms with Crippen molar-refractivity contribution >= 4 is 34.9 Å². The topological polar surface area (TPSA) is 57.7 Å². The van der Waals surface area contributed by atoms with Gasteiger partial charge in [0.15, 0.2) is 0 Å². The van der Waals surface area contributed by atoms with Crippen molar-refractivity contribution in [3.8, 4) is 0 Å². The maximum Gasteiger partial charge on any atom is 0.294 e. The first kappa shape index (κ1) is 15.8. The van der Waals surface area contributed by atoms with Crippen LogP contribution in [0.2, 0.25) is 0 Å². The summed E-state index contributed by atoms with van der Waals surface area (Å²) in [4.78, 5) is 39.7. The number of hydrogen-bond donors (Lipinski definition) is 0. The lowest BCUT2D eigenvalue weighted by atomic mass is 10.1. The highest BCUT2D eigenvalue weighted by Crippen LogP contribution is 2.32. The average molecular weight is 330 g/mol. The van der Waals surface area contributed by atoms with Crippen molar-refractivity contribution in [3.05, 3.63) is 40.3 Å². The van der Waals surface area contributed by atoms with Gasteiger partial charge < -0.3 is 4.90 Å². The summed E-state index contributed by atoms with van der Waals surface area (Å²) in [5, 5.41) is -0.374. The summed E-state index contributed by atoms with van der Waals surface area (Å²) in [5.41, 5.74) is 2.00. The van der Waals surface area contributed by atoms with Gasteiger partial charge in [-0.2, -0.15) is 0 Å². The van der Waals surface area contributed by atoms with Crippen LogP contribution < -0.4 is 0 Å². The quantitative estimate of drug-likeness (QED) is 0.800. The minimum absolute atomic E-state index is 0.151. The number of nitrogens with zero attached hydrogens (tertiary/aromatic N) is 2. The summed E-state index contributed by atoms with van der Waals surface area (Å²) in [6.45, 7) is 3.26. The molecule has 120 valence electrons. The Morgan fingerprint density at radius 1 is 1.17 bits per heavy atom. The Morgan fingerprint density at radius 3 is 2.48 bits per heavy atom. The average Bonchev–Trinajstić information content (AvgIpc) is 3.14. The number of amides is 3. The highest BCUT2D eigenvalue weighted by molar-refractivity contribution is 8.18. The molecule has 0 unspecified atom stereocenters. The third kappa shape index (κ3) is 3.47. The van der Waals surface area contributed by atoms with E-state index in [1.807, 2.05) is 31.2 Å². The van der Waals surface area contributed by atoms with Gasteiger partial charge in [-0.15, -0.1) is 0 Å². The van der Waals surface area contributed by atoms with E-state index in [4.69, 9.17) is 0 Å². The molecule has 3 amide bonds. The molecule has 2 aliphatic rings. The number of thioether (sulfide) groups is 1. The number of carbonyl (C=O) groups excluding carboxylic acids is 3. The van der Waals surface area contributed by atoms with E-state index in [0.717, 1.165) is 40.6 Å². The van der Waals surface area contributed by atoms with Crippen LogP contribution in [0.5, 0.6) is 0 Å². The van der Waals surface area contributed by atoms with Crippen molar-refractivity contribution in [2.45, 2.75) is 19.8 Å². The van der Waals surface area contributed by atoms with Crippen LogP contribution in [0.25, 0.3) is 6.08 Å². The van der Waals surface area contributed by atoms with Crippen LogP contribution in [0, 0.1) is 6.92 Å². The number of imide groups is 1. The summed E-state index contributed by atoms with van der Waals surface area (Å²) in [6, 6.07) is 7.71. The Kier molecular flexibility index (Phi) is 4.52. The highest BCUT2D eigenvalue weighted by atomic mass is 32.2. The molecule has 0 aliphatic carbocycles. The molecule has 0 N–H and O–H groups in total. The summed E-state index contributed by atoms with van der Waals surface area (Å²) in [6.07, 6.45) is 3.67. The van der Waals surface area contributed by atoms with Gasteiger partial charge in [-0.05, 0) is 43.2 Å². The van der Waals surface area contributed by atoms with Gasteiger partial charge in [0.2, 0.25) is 5.91 Å². The first-order valence-electron chi connectivity index (χ1n) is 7.64. The Hall–Kier alpha value is -2.08. The molecule has 2 aliphatic heterocycles. The van der Waals surface area contributed by atoms with E-state index < -0.39 is 0 Å². The van der Waals surface area contributed by atoms with Gasteiger partial charge >= 0.3 is 0 Å². The van der Waals surface area contributed by atoms with E-state index in [2.05, 4.69) is 0 Å². The van der Waals surface area contributed by atoms with Gasteiger partial charge in [0, 0.05) is 13.1 Å². The van der Waals surface area contributed by atoms with Crippen molar-refractivity contribution in [2.75, 3.05) is 19.6 Å². The van der Waals surface area contributed by atoms with Gasteiger partial charge in [0.1, 0.15) is 6.54 Å². The van der Waals surface area contributed by atoms with Crippen molar-refractivity contribution in [3.63, 3.8) is 0 Å². The van der Waals surface area contributed by atoms with E-state index in [1.54, 1.807) is 11.0 Å². The van der Waals surface area contributed by atoms with Crippen LogP contribution in [0.15, 0.2) is 29.2 Å². The second-order valence-corrected chi connectivity index (χ2v) is 6.76. The third-order valence-electron chi connectivity index (χ3n) is 4.00. The zero-order valence-electron chi connectivity index (χ0n) is 12.9. The number of rotatable bonds is 3. The fourth-order valence-corrected chi connectivity index (χ4v) is 3.49. The van der Waals surface area contributed by atoms with Crippen molar-refractivity contribution in [2.24, 2.45) is 0 Å². The fraction of sp³-hybridized carbons (Fsp3) is 0.353. The molecule has 0 atom stereocenters. The normalized spacial score (nSPS) is 20.0. The molecule has 1 aromatic rings. The standard InChI is InChI=1S/C17H18N2O3S/c1-12-4-6-13(7-5-12)10-14-16(21)19(17(22)23-14)11-15(20)18-8-2-3-9-18/h4-7,10H,2-3,8-9,11H2,1H3/b14-10-. The summed E-state index contributed by atoms with van der Waals surface area (Å²) in [7, 11) is 0. The van der Waals surface area contributed by atoms with E-state index >= 15 is 0 Å². The number of likely N-dealkylation sites (tertiary alicyclic amines) is 1. The second kappa shape index (κ2) is 6.58. The zero-order valence-corrected chi connectivity index (χ0v) is 13.8. The molecule has 2 fully saturated rings. The molecule has 0 radical (unpaired) electrons. The van der Waals surface area contributed by atoms with Gasteiger partial charge in [-0.3, -0.25) is 19.3 Å². The van der Waals surface area contributed by atoms with Crippen molar-refractivity contribution in [1.29, 1.82) is 0 Å². The minimum atomic E-state index is -0.381. The molecule has 0 spiro atoms. The molecule has 2 saturated heterocycles. The molecule has 5 nitrogen and oxygen atoms in total. The highest BCUT2D eigenvalue weighted by Gasteiger charge is 2.37. The van der Waals surface area contributed by atoms with Gasteiger partial charge in [-0.25, -0.2) is 0 Å². The predicted octanol–water partition coefficient (Wildman–Crippen LogP) is 2.65. The molecular weight excluding hydrogens is 312 g/mol. The van der Waals surface area contributed by atoms with Gasteiger partial charge in [-0.1, -0.05) is 29.8 Å². The molecule has 0 bridgehead atoms. The maximum absolute atomic E-state index is 12.4. The van der Waals surface area contributed by atoms with Crippen LogP contribution in [0.3, 0.4) is 0 Å². The number of benzene rings is 1. The fourth-order valence-electron chi connectivity index (χ4n) is 2.65. The lowest BCUT2D eigenvalue weighted by Crippen LogP contribution is -2.40. The third-order valence-corrected chi connectivity index (χ3v) is 4.91. The second-order valence-electron chi connectivity index (χ2n) is 5.77. The summed E-state index contributed by atoms with van der Waals surface area (Å²) in [5.74, 6) is -0.533. The molecule has 0 saturated carbocycles. The van der Waals surface area contributed by atoms with Gasteiger partial charge in [0.25, 0.3) is 11.1 Å². The minimum Gasteiger partial charge on any atom is -0.341 e. The van der Waals surface area contributed by atoms with E-state index in [9.17, 15) is 14.4 Å². The Bertz CT molecular complexity index is 676. The molecule has 3 rings (SSSR count). The van der Waals surface area contributed by atoms with E-state index in [1.165, 1.54) is 0 Å². The number of aryl methyl sites for hydroxylation is 1. The number of hydrogen-bond acceptors (Lipinski definition) is 4. The van der Waals surface area contributed by atoms with Crippen LogP contribution in [-0.4, -0.2) is 46.5 Å².